The molecule has 6 aromatic rings. The fourth-order valence-corrected chi connectivity index (χ4v) is 6.67. The van der Waals surface area contributed by atoms with Crippen LogP contribution in [0, 0.1) is 0 Å². The topological polar surface area (TPSA) is 254 Å². The molecule has 0 aliphatic carbocycles. The predicted molar refractivity (Wildman–Crippen MR) is 196 cm³/mol. The average Bonchev–Trinajstić information content (AvgIpc) is 3.12. The molecule has 0 saturated carbocycles. The van der Waals surface area contributed by atoms with Crippen LogP contribution >= 0.6 is 0 Å². The molecule has 55 heavy (non-hydrogen) atoms. The van der Waals surface area contributed by atoms with Crippen molar-refractivity contribution in [3.8, 4) is 0 Å². The maximum absolute atomic E-state index is 12.6. The van der Waals surface area contributed by atoms with Crippen molar-refractivity contribution in [3.63, 3.8) is 0 Å². The molecular weight excluding hydrogens is 731 g/mol. The van der Waals surface area contributed by atoms with Gasteiger partial charge in [-0.1, -0.05) is 26.7 Å². The van der Waals surface area contributed by atoms with Gasteiger partial charge >= 0.3 is 53.4 Å². The fraction of sp³-hybridized carbons (Fsp3) is 0.263. The molecule has 0 radical (unpaired) electrons. The van der Waals surface area contributed by atoms with Crippen LogP contribution in [0.3, 0.4) is 0 Å². The van der Waals surface area contributed by atoms with Crippen LogP contribution in [0.25, 0.3) is 43.7 Å². The van der Waals surface area contributed by atoms with E-state index in [4.69, 9.17) is 8.83 Å². The number of nitrogens with zero attached hydrogens (tertiary/aromatic N) is 2. The van der Waals surface area contributed by atoms with Crippen molar-refractivity contribution in [3.05, 3.63) is 111 Å². The maximum Gasteiger partial charge on any atom is 1.00 e. The van der Waals surface area contributed by atoms with Gasteiger partial charge in [0.15, 0.2) is 21.7 Å². The number of fused-ring (bicyclic) bond motifs is 4. The minimum Gasteiger partial charge on any atom is -0.477 e. The quantitative estimate of drug-likeness (QED) is 0.115. The molecule has 0 bridgehead atoms. The van der Waals surface area contributed by atoms with Crippen LogP contribution in [0.5, 0.6) is 0 Å². The van der Waals surface area contributed by atoms with Gasteiger partial charge in [-0.2, -0.15) is 0 Å². The van der Waals surface area contributed by atoms with E-state index >= 15 is 0 Å². The van der Waals surface area contributed by atoms with E-state index in [1.807, 2.05) is 13.8 Å². The molecule has 0 saturated heterocycles. The Morgan fingerprint density at radius 2 is 0.836 bits per heavy atom. The van der Waals surface area contributed by atoms with Crippen molar-refractivity contribution in [1.82, 2.24) is 9.13 Å². The molecule has 0 aliphatic heterocycles. The zero-order valence-electron chi connectivity index (χ0n) is 30.5. The molecule has 4 aromatic heterocycles. The van der Waals surface area contributed by atoms with Crippen molar-refractivity contribution >= 4 is 67.6 Å². The van der Waals surface area contributed by atoms with Crippen LogP contribution in [0.1, 0.15) is 93.7 Å². The molecule has 16 nitrogen and oxygen atoms in total. The summed E-state index contributed by atoms with van der Waals surface area (Å²) in [6, 6.07) is 6.50. The Hall–Kier alpha value is -5.84. The van der Waals surface area contributed by atoms with E-state index in [1.54, 1.807) is 13.8 Å². The third kappa shape index (κ3) is 7.61. The maximum atomic E-state index is 12.6. The van der Waals surface area contributed by atoms with Crippen molar-refractivity contribution in [2.45, 2.75) is 66.5 Å². The Morgan fingerprint density at radius 1 is 0.509 bits per heavy atom. The van der Waals surface area contributed by atoms with Gasteiger partial charge in [0.05, 0.1) is 21.8 Å². The number of rotatable bonds is 10. The second-order valence-corrected chi connectivity index (χ2v) is 12.2. The molecule has 0 aliphatic rings. The first kappa shape index (κ1) is 41.9. The number of carboxylic acid groups (broad SMARTS) is 4. The molecule has 2 aromatic carbocycles. The average molecular weight is 766 g/mol. The second kappa shape index (κ2) is 16.7. The monoisotopic (exact) mass is 765 g/mol. The van der Waals surface area contributed by atoms with E-state index in [0.717, 1.165) is 24.3 Å². The summed E-state index contributed by atoms with van der Waals surface area (Å²) in [5.41, 5.74) is -0.801. The second-order valence-electron chi connectivity index (χ2n) is 12.2. The van der Waals surface area contributed by atoms with Crippen LogP contribution in [0.4, 0.5) is 0 Å². The summed E-state index contributed by atoms with van der Waals surface area (Å²) >= 11 is 0. The zero-order valence-corrected chi connectivity index (χ0v) is 32.5. The summed E-state index contributed by atoms with van der Waals surface area (Å²) in [7, 11) is 0. The molecule has 6 rings (SSSR count). The SMILES string of the molecule is CCCc1c2oc(C(=O)O)cc(=O)c2cc2c(=O)cc(C(=O)O)n(CC)c12.CCCc1c2oc(C(=O)O)cc(=O)c2cc2c(=O)cc(C(=O)O)n(CC)c12.[Na+]. The largest absolute Gasteiger partial charge is 1.00 e. The first-order valence-electron chi connectivity index (χ1n) is 16.9. The number of benzene rings is 2. The molecular formula is C38H34N2NaO14+. The number of pyridine rings is 2. The van der Waals surface area contributed by atoms with Gasteiger partial charge in [-0.15, -0.1) is 0 Å². The van der Waals surface area contributed by atoms with Crippen LogP contribution in [0.15, 0.2) is 64.4 Å². The molecule has 4 N–H and O–H groups in total. The number of hydrogen-bond donors (Lipinski definition) is 4. The normalized spacial score (nSPS) is 11.0. The fourth-order valence-electron chi connectivity index (χ4n) is 6.67. The number of aryl methyl sites for hydroxylation is 4. The van der Waals surface area contributed by atoms with E-state index in [-0.39, 0.29) is 86.7 Å². The Bertz CT molecular complexity index is 2630. The summed E-state index contributed by atoms with van der Waals surface area (Å²) in [5.74, 6) is -6.29. The summed E-state index contributed by atoms with van der Waals surface area (Å²) in [6.45, 7) is 7.76. The molecule has 17 heteroatoms. The van der Waals surface area contributed by atoms with Gasteiger partial charge in [0.1, 0.15) is 22.6 Å². The van der Waals surface area contributed by atoms with Gasteiger partial charge in [0.2, 0.25) is 11.5 Å². The van der Waals surface area contributed by atoms with Crippen molar-refractivity contribution in [2.24, 2.45) is 0 Å². The van der Waals surface area contributed by atoms with Crippen LogP contribution in [-0.2, 0) is 25.9 Å². The number of aromatic nitrogens is 2. The summed E-state index contributed by atoms with van der Waals surface area (Å²) < 4.78 is 13.9. The van der Waals surface area contributed by atoms with E-state index in [1.165, 1.54) is 21.3 Å². The van der Waals surface area contributed by atoms with Crippen LogP contribution < -0.4 is 51.3 Å². The van der Waals surface area contributed by atoms with E-state index < -0.39 is 57.1 Å². The smallest absolute Gasteiger partial charge is 0.477 e. The van der Waals surface area contributed by atoms with Crippen molar-refractivity contribution in [2.75, 3.05) is 0 Å². The molecule has 280 valence electrons. The number of carbonyl (C=O) groups is 4. The number of hydrogen-bond acceptors (Lipinski definition) is 10. The van der Waals surface area contributed by atoms with Crippen LogP contribution in [0.2, 0.25) is 0 Å². The predicted octanol–water partition coefficient (Wildman–Crippen LogP) is 1.96. The van der Waals surface area contributed by atoms with E-state index in [0.29, 0.717) is 47.8 Å². The first-order valence-corrected chi connectivity index (χ1v) is 16.9. The molecule has 0 fully saturated rings. The Labute approximate surface area is 331 Å². The van der Waals surface area contributed by atoms with Crippen molar-refractivity contribution in [1.29, 1.82) is 0 Å². The minimum absolute atomic E-state index is 0. The van der Waals surface area contributed by atoms with Gasteiger partial charge in [-0.25, -0.2) is 19.2 Å². The van der Waals surface area contributed by atoms with Crippen LogP contribution in [-0.4, -0.2) is 53.4 Å². The molecule has 0 amide bonds. The van der Waals surface area contributed by atoms with E-state index in [2.05, 4.69) is 0 Å². The minimum atomic E-state index is -1.39. The molecule has 4 heterocycles. The Morgan fingerprint density at radius 3 is 1.11 bits per heavy atom. The molecule has 0 spiro atoms. The Balaban J connectivity index is 0.000000240. The zero-order chi connectivity index (χ0) is 39.8. The van der Waals surface area contributed by atoms with Gasteiger partial charge in [-0.3, -0.25) is 19.2 Å². The standard InChI is InChI=1S/2C19H17NO7.Na/c2*1-3-5-9-16-10(13(21)7-12(18(23)24)20(16)4-2)6-11-14(22)8-15(19(25)26)27-17(9)11;/h2*6-8H,3-5H2,1-2H3,(H,23,24)(H,25,26);/q;;+1. The van der Waals surface area contributed by atoms with Gasteiger partial charge < -0.3 is 38.4 Å². The van der Waals surface area contributed by atoms with Gasteiger partial charge in [0.25, 0.3) is 0 Å². The number of aromatic carboxylic acids is 4. The summed E-state index contributed by atoms with van der Waals surface area (Å²) in [5, 5.41) is 37.9. The first-order chi connectivity index (χ1) is 25.6. The summed E-state index contributed by atoms with van der Waals surface area (Å²) in [6.07, 6.45) is 1.99. The van der Waals surface area contributed by atoms with Gasteiger partial charge in [-0.05, 0) is 38.8 Å². The third-order valence-corrected chi connectivity index (χ3v) is 8.86. The molecule has 0 atom stereocenters. The van der Waals surface area contributed by atoms with E-state index in [9.17, 15) is 58.8 Å². The van der Waals surface area contributed by atoms with Gasteiger partial charge in [0, 0.05) is 59.3 Å². The molecule has 0 unspecified atom stereocenters. The Kier molecular flexibility index (Phi) is 12.7. The third-order valence-electron chi connectivity index (χ3n) is 8.86. The summed E-state index contributed by atoms with van der Waals surface area (Å²) in [4.78, 5) is 95.7. The number of carboxylic acids is 4. The van der Waals surface area contributed by atoms with Crippen molar-refractivity contribution < 1.29 is 78.0 Å².